The highest BCUT2D eigenvalue weighted by molar-refractivity contribution is 5.85. The van der Waals surface area contributed by atoms with Crippen LogP contribution in [0.15, 0.2) is 30.3 Å². The molecule has 0 saturated carbocycles. The minimum Gasteiger partial charge on any atom is -0.479 e. The van der Waals surface area contributed by atoms with Crippen molar-refractivity contribution in [2.45, 2.75) is 32.3 Å². The highest BCUT2D eigenvalue weighted by Crippen LogP contribution is 2.24. The van der Waals surface area contributed by atoms with E-state index in [0.29, 0.717) is 0 Å². The number of aliphatic hydroxyl groups is 1. The Morgan fingerprint density at radius 2 is 1.80 bits per heavy atom. The summed E-state index contributed by atoms with van der Waals surface area (Å²) in [6.45, 7) is 4.68. The molecule has 2 atom stereocenters. The van der Waals surface area contributed by atoms with E-state index in [9.17, 15) is 14.7 Å². The van der Waals surface area contributed by atoms with Crippen LogP contribution in [-0.2, 0) is 9.59 Å². The van der Waals surface area contributed by atoms with E-state index in [0.717, 1.165) is 12.5 Å². The summed E-state index contributed by atoms with van der Waals surface area (Å²) in [5.41, 5.74) is -1.09. The molecule has 0 spiro atoms. The number of carbonyl (C=O) groups excluding carboxylic acids is 1. The van der Waals surface area contributed by atoms with Crippen molar-refractivity contribution in [3.63, 3.8) is 0 Å². The average Bonchev–Trinajstić information content (AvgIpc) is 2.37. The normalized spacial score (nSPS) is 15.4. The van der Waals surface area contributed by atoms with Gasteiger partial charge >= 0.3 is 5.97 Å². The summed E-state index contributed by atoms with van der Waals surface area (Å²) in [5, 5.41) is 20.9. The molecule has 1 rings (SSSR count). The molecule has 2 unspecified atom stereocenters. The predicted octanol–water partition coefficient (Wildman–Crippen LogP) is 1.38. The summed E-state index contributed by atoms with van der Waals surface area (Å²) < 4.78 is 0. The zero-order valence-electron chi connectivity index (χ0n) is 12.0. The second kappa shape index (κ2) is 6.52. The molecule has 0 aliphatic heterocycles. The number of aliphatic carboxylic acids is 1. The maximum Gasteiger partial charge on any atom is 0.337 e. The molecule has 0 heterocycles. The molecule has 1 aromatic carbocycles. The third-order valence-electron chi connectivity index (χ3n) is 3.18. The van der Waals surface area contributed by atoms with Gasteiger partial charge in [-0.25, -0.2) is 4.79 Å². The SMILES string of the molecule is CC(C)C(C(=O)NCC(C)(O)C(=O)O)c1ccccc1. The smallest absolute Gasteiger partial charge is 0.337 e. The van der Waals surface area contributed by atoms with Gasteiger partial charge in [-0.05, 0) is 18.4 Å². The van der Waals surface area contributed by atoms with E-state index in [4.69, 9.17) is 5.11 Å². The largest absolute Gasteiger partial charge is 0.479 e. The molecular weight excluding hydrogens is 258 g/mol. The van der Waals surface area contributed by atoms with Crippen molar-refractivity contribution in [3.05, 3.63) is 35.9 Å². The van der Waals surface area contributed by atoms with E-state index in [-0.39, 0.29) is 24.3 Å². The number of carbonyl (C=O) groups is 2. The maximum atomic E-state index is 12.2. The Bertz CT molecular complexity index is 468. The van der Waals surface area contributed by atoms with Gasteiger partial charge in [0.15, 0.2) is 5.60 Å². The summed E-state index contributed by atoms with van der Waals surface area (Å²) in [6.07, 6.45) is 0. The minimum atomic E-state index is -1.96. The van der Waals surface area contributed by atoms with Gasteiger partial charge in [0, 0.05) is 0 Å². The summed E-state index contributed by atoms with van der Waals surface area (Å²) in [6, 6.07) is 9.30. The highest BCUT2D eigenvalue weighted by Gasteiger charge is 2.32. The summed E-state index contributed by atoms with van der Waals surface area (Å²) in [4.78, 5) is 23.0. The monoisotopic (exact) mass is 279 g/mol. The summed E-state index contributed by atoms with van der Waals surface area (Å²) in [7, 11) is 0. The van der Waals surface area contributed by atoms with Gasteiger partial charge in [-0.2, -0.15) is 0 Å². The molecule has 0 bridgehead atoms. The van der Waals surface area contributed by atoms with Crippen molar-refractivity contribution in [2.75, 3.05) is 6.54 Å². The van der Waals surface area contributed by atoms with Gasteiger partial charge in [-0.3, -0.25) is 4.79 Å². The van der Waals surface area contributed by atoms with Gasteiger partial charge in [0.05, 0.1) is 12.5 Å². The van der Waals surface area contributed by atoms with Gasteiger partial charge in [-0.1, -0.05) is 44.2 Å². The lowest BCUT2D eigenvalue weighted by molar-refractivity contribution is -0.156. The molecule has 0 aliphatic rings. The standard InChI is InChI=1S/C15H21NO4/c1-10(2)12(11-7-5-4-6-8-11)13(17)16-9-15(3,20)14(18)19/h4-8,10,12,20H,9H2,1-3H3,(H,16,17)(H,18,19). The Kier molecular flexibility index (Phi) is 5.27. The van der Waals surface area contributed by atoms with E-state index in [1.807, 2.05) is 44.2 Å². The zero-order chi connectivity index (χ0) is 15.3. The van der Waals surface area contributed by atoms with Crippen LogP contribution in [0, 0.1) is 5.92 Å². The van der Waals surface area contributed by atoms with E-state index in [1.165, 1.54) is 0 Å². The molecule has 5 nitrogen and oxygen atoms in total. The molecule has 110 valence electrons. The minimum absolute atomic E-state index is 0.0622. The lowest BCUT2D eigenvalue weighted by Crippen LogP contribution is -2.48. The average molecular weight is 279 g/mol. The van der Waals surface area contributed by atoms with Crippen LogP contribution < -0.4 is 5.32 Å². The maximum absolute atomic E-state index is 12.2. The topological polar surface area (TPSA) is 86.6 Å². The molecule has 0 aromatic heterocycles. The molecule has 1 amide bonds. The molecule has 5 heteroatoms. The third kappa shape index (κ3) is 4.06. The lowest BCUT2D eigenvalue weighted by atomic mass is 9.87. The van der Waals surface area contributed by atoms with E-state index in [1.54, 1.807) is 0 Å². The molecule has 0 aliphatic carbocycles. The molecule has 3 N–H and O–H groups in total. The fourth-order valence-electron chi connectivity index (χ4n) is 1.94. The zero-order valence-corrected chi connectivity index (χ0v) is 12.0. The second-order valence-corrected chi connectivity index (χ2v) is 5.43. The van der Waals surface area contributed by atoms with Gasteiger partial charge in [-0.15, -0.1) is 0 Å². The first-order chi connectivity index (χ1) is 9.25. The lowest BCUT2D eigenvalue weighted by Gasteiger charge is -2.24. The van der Waals surface area contributed by atoms with Crippen molar-refractivity contribution in [1.82, 2.24) is 5.32 Å². The molecular formula is C15H21NO4. The fraction of sp³-hybridized carbons (Fsp3) is 0.467. The number of hydrogen-bond acceptors (Lipinski definition) is 3. The number of nitrogens with one attached hydrogen (secondary N) is 1. The molecule has 1 aromatic rings. The summed E-state index contributed by atoms with van der Waals surface area (Å²) >= 11 is 0. The van der Waals surface area contributed by atoms with Crippen molar-refractivity contribution in [2.24, 2.45) is 5.92 Å². The highest BCUT2D eigenvalue weighted by atomic mass is 16.4. The predicted molar refractivity (Wildman–Crippen MR) is 75.3 cm³/mol. The number of carboxylic acids is 1. The van der Waals surface area contributed by atoms with Crippen molar-refractivity contribution in [1.29, 1.82) is 0 Å². The van der Waals surface area contributed by atoms with Crippen molar-refractivity contribution in [3.8, 4) is 0 Å². The molecule has 0 fully saturated rings. The molecule has 0 saturated heterocycles. The van der Waals surface area contributed by atoms with Crippen molar-refractivity contribution >= 4 is 11.9 Å². The van der Waals surface area contributed by atoms with Crippen LogP contribution in [0.1, 0.15) is 32.3 Å². The number of rotatable bonds is 6. The third-order valence-corrected chi connectivity index (χ3v) is 3.18. The van der Waals surface area contributed by atoms with Crippen LogP contribution >= 0.6 is 0 Å². The summed E-state index contributed by atoms with van der Waals surface area (Å²) in [5.74, 6) is -1.96. The number of benzene rings is 1. The molecule has 0 radical (unpaired) electrons. The molecule has 20 heavy (non-hydrogen) atoms. The van der Waals surface area contributed by atoms with Gasteiger partial charge in [0.25, 0.3) is 0 Å². The van der Waals surface area contributed by atoms with Crippen LogP contribution in [0.25, 0.3) is 0 Å². The van der Waals surface area contributed by atoms with Crippen LogP contribution in [-0.4, -0.2) is 34.2 Å². The number of amides is 1. The van der Waals surface area contributed by atoms with Crippen LogP contribution in [0.5, 0.6) is 0 Å². The van der Waals surface area contributed by atoms with Crippen LogP contribution in [0.4, 0.5) is 0 Å². The van der Waals surface area contributed by atoms with Gasteiger partial charge < -0.3 is 15.5 Å². The van der Waals surface area contributed by atoms with Crippen LogP contribution in [0.2, 0.25) is 0 Å². The van der Waals surface area contributed by atoms with E-state index < -0.39 is 11.6 Å². The van der Waals surface area contributed by atoms with Gasteiger partial charge in [0.2, 0.25) is 5.91 Å². The number of carboxylic acid groups (broad SMARTS) is 1. The first-order valence-corrected chi connectivity index (χ1v) is 6.54. The van der Waals surface area contributed by atoms with Gasteiger partial charge in [0.1, 0.15) is 0 Å². The second-order valence-electron chi connectivity index (χ2n) is 5.43. The van der Waals surface area contributed by atoms with Crippen molar-refractivity contribution < 1.29 is 19.8 Å². The fourth-order valence-corrected chi connectivity index (χ4v) is 1.94. The first-order valence-electron chi connectivity index (χ1n) is 6.54. The quantitative estimate of drug-likeness (QED) is 0.734. The first kappa shape index (κ1) is 16.2. The van der Waals surface area contributed by atoms with E-state index in [2.05, 4.69) is 5.32 Å². The Morgan fingerprint density at radius 1 is 1.25 bits per heavy atom. The van der Waals surface area contributed by atoms with Crippen LogP contribution in [0.3, 0.4) is 0 Å². The Hall–Kier alpha value is -1.88. The Labute approximate surface area is 118 Å². The van der Waals surface area contributed by atoms with E-state index >= 15 is 0 Å². The number of hydrogen-bond donors (Lipinski definition) is 3. The Balaban J connectivity index is 2.80. The Morgan fingerprint density at radius 3 is 2.25 bits per heavy atom.